The van der Waals surface area contributed by atoms with Gasteiger partial charge in [-0.1, -0.05) is 49.6 Å². The minimum absolute atomic E-state index is 0.159. The van der Waals surface area contributed by atoms with Crippen LogP contribution in [-0.2, 0) is 16.0 Å². The molecule has 2 aromatic rings. The fourth-order valence-corrected chi connectivity index (χ4v) is 6.02. The summed E-state index contributed by atoms with van der Waals surface area (Å²) in [5, 5.41) is 15.9. The van der Waals surface area contributed by atoms with Gasteiger partial charge in [0.15, 0.2) is 0 Å². The van der Waals surface area contributed by atoms with Gasteiger partial charge in [-0.3, -0.25) is 9.59 Å². The van der Waals surface area contributed by atoms with Crippen molar-refractivity contribution in [2.45, 2.75) is 70.4 Å². The van der Waals surface area contributed by atoms with E-state index in [0.29, 0.717) is 37.9 Å². The molecule has 3 unspecified atom stereocenters. The van der Waals surface area contributed by atoms with E-state index >= 15 is 0 Å². The molecule has 9 nitrogen and oxygen atoms in total. The highest BCUT2D eigenvalue weighted by Crippen LogP contribution is 2.48. The van der Waals surface area contributed by atoms with Crippen LogP contribution in [0.25, 0.3) is 0 Å². The largest absolute Gasteiger partial charge is 0.481 e. The number of carboxylic acids is 1. The highest BCUT2D eigenvalue weighted by molar-refractivity contribution is 5.88. The molecular formula is C27H37N5O4. The van der Waals surface area contributed by atoms with Crippen molar-refractivity contribution in [3.63, 3.8) is 0 Å². The van der Waals surface area contributed by atoms with Crippen molar-refractivity contribution in [1.82, 2.24) is 25.5 Å². The van der Waals surface area contributed by atoms with Crippen molar-refractivity contribution in [1.29, 1.82) is 0 Å². The predicted octanol–water partition coefficient (Wildman–Crippen LogP) is 3.65. The van der Waals surface area contributed by atoms with Gasteiger partial charge >= 0.3 is 12.0 Å². The second-order valence-corrected chi connectivity index (χ2v) is 10.2. The number of piperidine rings is 1. The number of imidazole rings is 1. The summed E-state index contributed by atoms with van der Waals surface area (Å²) in [6, 6.07) is 7.68. The Labute approximate surface area is 212 Å². The van der Waals surface area contributed by atoms with Crippen LogP contribution >= 0.6 is 0 Å². The molecule has 2 aliphatic rings. The summed E-state index contributed by atoms with van der Waals surface area (Å²) in [6.07, 6.45) is 9.99. The second-order valence-electron chi connectivity index (χ2n) is 10.2. The summed E-state index contributed by atoms with van der Waals surface area (Å²) in [7, 11) is 0. The van der Waals surface area contributed by atoms with Crippen LogP contribution in [-0.4, -0.2) is 57.0 Å². The van der Waals surface area contributed by atoms with Crippen LogP contribution in [0.4, 0.5) is 4.79 Å². The minimum Gasteiger partial charge on any atom is -0.481 e. The average Bonchev–Trinajstić information content (AvgIpc) is 3.41. The van der Waals surface area contributed by atoms with E-state index in [9.17, 15) is 19.5 Å². The lowest BCUT2D eigenvalue weighted by atomic mass is 9.62. The number of aromatic amines is 1. The number of aliphatic carboxylic acids is 1. The lowest BCUT2D eigenvalue weighted by Crippen LogP contribution is -2.56. The molecule has 1 saturated heterocycles. The highest BCUT2D eigenvalue weighted by atomic mass is 16.4. The molecule has 9 heteroatoms. The van der Waals surface area contributed by atoms with Gasteiger partial charge in [-0.05, 0) is 44.1 Å². The van der Waals surface area contributed by atoms with E-state index in [1.807, 2.05) is 37.3 Å². The number of hydrogen-bond acceptors (Lipinski definition) is 4. The van der Waals surface area contributed by atoms with Gasteiger partial charge in [0, 0.05) is 37.4 Å². The van der Waals surface area contributed by atoms with Gasteiger partial charge in [-0.2, -0.15) is 0 Å². The number of aromatic nitrogens is 2. The van der Waals surface area contributed by atoms with Crippen LogP contribution in [0.1, 0.15) is 69.2 Å². The van der Waals surface area contributed by atoms with E-state index in [4.69, 9.17) is 0 Å². The first-order chi connectivity index (χ1) is 17.4. The zero-order valence-electron chi connectivity index (χ0n) is 20.9. The molecule has 2 fully saturated rings. The third kappa shape index (κ3) is 5.71. The normalized spacial score (nSPS) is 23.6. The summed E-state index contributed by atoms with van der Waals surface area (Å²) >= 11 is 0. The number of likely N-dealkylation sites (tertiary alicyclic amines) is 1. The molecule has 1 aromatic carbocycles. The van der Waals surface area contributed by atoms with Crippen molar-refractivity contribution in [2.24, 2.45) is 11.3 Å². The smallest absolute Gasteiger partial charge is 0.315 e. The molecule has 0 bridgehead atoms. The molecule has 4 rings (SSSR count). The van der Waals surface area contributed by atoms with Gasteiger partial charge in [-0.25, -0.2) is 9.78 Å². The maximum Gasteiger partial charge on any atom is 0.315 e. The van der Waals surface area contributed by atoms with E-state index < -0.39 is 23.5 Å². The van der Waals surface area contributed by atoms with E-state index in [1.54, 1.807) is 17.4 Å². The maximum atomic E-state index is 13.8. The quantitative estimate of drug-likeness (QED) is 0.444. The van der Waals surface area contributed by atoms with Crippen molar-refractivity contribution < 1.29 is 19.5 Å². The summed E-state index contributed by atoms with van der Waals surface area (Å²) in [5.41, 5.74) is 0.824. The molecule has 1 aliphatic carbocycles. The Morgan fingerprint density at radius 1 is 1.19 bits per heavy atom. The molecule has 1 aliphatic heterocycles. The predicted molar refractivity (Wildman–Crippen MR) is 135 cm³/mol. The third-order valence-corrected chi connectivity index (χ3v) is 7.98. The SMILES string of the molecule is CC1CC(C(=O)O)(C2CCCCC2)CCN1C(=O)C(NC(=O)NCCc1cnc[nH]1)c1ccccc1. The average molecular weight is 496 g/mol. The summed E-state index contributed by atoms with van der Waals surface area (Å²) in [5.74, 6) is -0.782. The molecule has 2 heterocycles. The van der Waals surface area contributed by atoms with E-state index in [2.05, 4.69) is 20.6 Å². The van der Waals surface area contributed by atoms with Crippen molar-refractivity contribution in [3.8, 4) is 0 Å². The fraction of sp³-hybridized carbons (Fsp3) is 0.556. The van der Waals surface area contributed by atoms with Crippen LogP contribution in [0.3, 0.4) is 0 Å². The first-order valence-corrected chi connectivity index (χ1v) is 13.0. The Morgan fingerprint density at radius 2 is 1.94 bits per heavy atom. The number of benzene rings is 1. The first kappa shape index (κ1) is 25.7. The van der Waals surface area contributed by atoms with Crippen LogP contribution < -0.4 is 10.6 Å². The van der Waals surface area contributed by atoms with Crippen molar-refractivity contribution in [2.75, 3.05) is 13.1 Å². The number of amides is 3. The number of nitrogens with zero attached hydrogens (tertiary/aromatic N) is 2. The second kappa shape index (κ2) is 11.6. The Morgan fingerprint density at radius 3 is 2.58 bits per heavy atom. The van der Waals surface area contributed by atoms with Crippen LogP contribution in [0, 0.1) is 11.3 Å². The molecular weight excluding hydrogens is 458 g/mol. The van der Waals surface area contributed by atoms with Gasteiger partial charge in [-0.15, -0.1) is 0 Å². The molecule has 0 spiro atoms. The zero-order chi connectivity index (χ0) is 25.5. The summed E-state index contributed by atoms with van der Waals surface area (Å²) < 4.78 is 0. The van der Waals surface area contributed by atoms with E-state index in [1.165, 1.54) is 6.42 Å². The topological polar surface area (TPSA) is 127 Å². The number of H-pyrrole nitrogens is 1. The molecule has 1 saturated carbocycles. The first-order valence-electron chi connectivity index (χ1n) is 13.0. The Kier molecular flexibility index (Phi) is 8.28. The monoisotopic (exact) mass is 495 g/mol. The number of rotatable bonds is 8. The number of carboxylic acid groups (broad SMARTS) is 1. The Hall–Kier alpha value is -3.36. The highest BCUT2D eigenvalue weighted by Gasteiger charge is 2.51. The van der Waals surface area contributed by atoms with Crippen LogP contribution in [0.5, 0.6) is 0 Å². The Balaban J connectivity index is 1.45. The molecule has 4 N–H and O–H groups in total. The van der Waals surface area contributed by atoms with Crippen LogP contribution in [0.15, 0.2) is 42.9 Å². The van der Waals surface area contributed by atoms with E-state index in [0.717, 1.165) is 31.4 Å². The summed E-state index contributed by atoms with van der Waals surface area (Å²) in [6.45, 7) is 2.70. The van der Waals surface area contributed by atoms with E-state index in [-0.39, 0.29) is 17.9 Å². The lowest BCUT2D eigenvalue weighted by Gasteiger charge is -2.48. The van der Waals surface area contributed by atoms with Gasteiger partial charge in [0.05, 0.1) is 11.7 Å². The number of nitrogens with one attached hydrogen (secondary N) is 3. The number of urea groups is 1. The molecule has 194 valence electrons. The van der Waals surface area contributed by atoms with Gasteiger partial charge < -0.3 is 25.6 Å². The lowest BCUT2D eigenvalue weighted by molar-refractivity contribution is -0.163. The minimum atomic E-state index is -0.854. The molecule has 36 heavy (non-hydrogen) atoms. The molecule has 0 radical (unpaired) electrons. The molecule has 3 atom stereocenters. The zero-order valence-corrected chi connectivity index (χ0v) is 20.9. The maximum absolute atomic E-state index is 13.8. The fourth-order valence-electron chi connectivity index (χ4n) is 6.02. The number of carbonyl (C=O) groups excluding carboxylic acids is 2. The Bertz CT molecular complexity index is 1020. The van der Waals surface area contributed by atoms with Crippen molar-refractivity contribution in [3.05, 3.63) is 54.1 Å². The van der Waals surface area contributed by atoms with Crippen LogP contribution in [0.2, 0.25) is 0 Å². The number of carbonyl (C=O) groups is 3. The van der Waals surface area contributed by atoms with Gasteiger partial charge in [0.25, 0.3) is 0 Å². The third-order valence-electron chi connectivity index (χ3n) is 7.98. The number of hydrogen-bond donors (Lipinski definition) is 4. The standard InChI is InChI=1S/C27H37N5O4/c1-19-16-27(25(34)35,21-10-6-3-7-11-21)13-15-32(19)24(33)23(20-8-4-2-5-9-20)31-26(36)29-14-12-22-17-28-18-30-22/h2,4-5,8-9,17-19,21,23H,3,6-7,10-16H2,1H3,(H,28,30)(H,34,35)(H2,29,31,36). The van der Waals surface area contributed by atoms with Gasteiger partial charge in [0.1, 0.15) is 6.04 Å². The van der Waals surface area contributed by atoms with Gasteiger partial charge in [0.2, 0.25) is 5.91 Å². The molecule has 1 aromatic heterocycles. The molecule has 3 amide bonds. The van der Waals surface area contributed by atoms with Crippen molar-refractivity contribution >= 4 is 17.9 Å². The summed E-state index contributed by atoms with van der Waals surface area (Å²) in [4.78, 5) is 47.7.